The molecule has 3 nitrogen and oxygen atoms in total. The molecule has 0 saturated heterocycles. The summed E-state index contributed by atoms with van der Waals surface area (Å²) in [5, 5.41) is 23.8. The second kappa shape index (κ2) is 3.83. The Hall–Kier alpha value is 0.880. The molecule has 0 amide bonds. The van der Waals surface area contributed by atoms with E-state index < -0.39 is 5.97 Å². The van der Waals surface area contributed by atoms with Crippen molar-refractivity contribution in [1.82, 2.24) is 0 Å². The van der Waals surface area contributed by atoms with Gasteiger partial charge in [0.1, 0.15) is 0 Å². The minimum absolute atomic E-state index is 0. The molecule has 0 bridgehead atoms. The average Bonchev–Trinajstić information content (AvgIpc) is 1.35. The van der Waals surface area contributed by atoms with Crippen LogP contribution in [0.2, 0.25) is 0 Å². The van der Waals surface area contributed by atoms with Gasteiger partial charge >= 0.3 is 0 Å². The van der Waals surface area contributed by atoms with Crippen molar-refractivity contribution in [2.45, 2.75) is 19.3 Å². The molecule has 0 aromatic rings. The van der Waals surface area contributed by atoms with Gasteiger partial charge in [0, 0.05) is 36.0 Å². The summed E-state index contributed by atoms with van der Waals surface area (Å²) in [6, 6.07) is 0. The first-order valence-corrected chi connectivity index (χ1v) is 1.73. The van der Waals surface area contributed by atoms with Crippen LogP contribution in [0.1, 0.15) is 13.3 Å². The van der Waals surface area contributed by atoms with Crippen LogP contribution in [0.25, 0.3) is 0 Å². The van der Waals surface area contributed by atoms with Gasteiger partial charge in [0.05, 0.1) is 0 Å². The van der Waals surface area contributed by atoms with E-state index in [1.807, 2.05) is 0 Å². The van der Waals surface area contributed by atoms with E-state index in [2.05, 4.69) is 0 Å². The first-order chi connectivity index (χ1) is 2.56. The minimum atomic E-state index is -2.46. The molecule has 0 rings (SSSR count). The zero-order chi connectivity index (χ0) is 5.21. The Morgan fingerprint density at radius 1 is 1.29 bits per heavy atom. The normalized spacial score (nSPS) is 10.3. The molecule has 3 N–H and O–H groups in total. The molecule has 0 saturated carbocycles. The molecule has 0 spiro atoms. The monoisotopic (exact) mass is 115 g/mol. The van der Waals surface area contributed by atoms with Gasteiger partial charge in [-0.05, 0) is 0 Å². The summed E-state index contributed by atoms with van der Waals surface area (Å²) in [4.78, 5) is 0. The summed E-state index contributed by atoms with van der Waals surface area (Å²) in [6.07, 6.45) is -0.0625. The van der Waals surface area contributed by atoms with E-state index in [1.165, 1.54) is 6.92 Å². The van der Waals surface area contributed by atoms with Crippen LogP contribution in [0.5, 0.6) is 0 Å². The van der Waals surface area contributed by atoms with Crippen molar-refractivity contribution in [2.75, 3.05) is 0 Å². The molecule has 0 aromatic heterocycles. The Balaban J connectivity index is 0. The maximum absolute atomic E-state index is 7.94. The summed E-state index contributed by atoms with van der Waals surface area (Å²) in [7, 11) is 0. The molecule has 0 atom stereocenters. The molecule has 0 unspecified atom stereocenters. The second-order valence-corrected chi connectivity index (χ2v) is 1.13. The molecule has 0 aromatic carbocycles. The van der Waals surface area contributed by atoms with Gasteiger partial charge in [-0.1, -0.05) is 6.92 Å². The van der Waals surface area contributed by atoms with Crippen molar-refractivity contribution < 1.29 is 15.3 Å². The maximum atomic E-state index is 7.94. The average molecular weight is 115 g/mol. The quantitative estimate of drug-likeness (QED) is 0.292. The van der Waals surface area contributed by atoms with Crippen LogP contribution in [0.3, 0.4) is 0 Å². The number of hydrogen-bond acceptors (Lipinski definition) is 3. The maximum Gasteiger partial charge on any atom is 0.274 e. The number of aliphatic hydroxyl groups is 3. The number of rotatable bonds is 1. The van der Waals surface area contributed by atoms with Gasteiger partial charge in [0.15, 0.2) is 0 Å². The molecule has 0 aliphatic heterocycles. The van der Waals surface area contributed by atoms with Crippen LogP contribution in [-0.2, 0) is 0 Å². The molecule has 4 heteroatoms. The largest absolute Gasteiger partial charge is 0.344 e. The van der Waals surface area contributed by atoms with Gasteiger partial charge in [0.25, 0.3) is 5.97 Å². The van der Waals surface area contributed by atoms with Gasteiger partial charge in [-0.3, -0.25) is 0 Å². The Labute approximate surface area is 64.3 Å². The third-order valence-electron chi connectivity index (χ3n) is 0.474. The van der Waals surface area contributed by atoms with Gasteiger partial charge in [-0.15, -0.1) is 0 Å². The van der Waals surface area contributed by atoms with Crippen LogP contribution in [0.15, 0.2) is 0 Å². The Morgan fingerprint density at radius 3 is 1.43 bits per heavy atom. The molecule has 0 heterocycles. The molecule has 7 heavy (non-hydrogen) atoms. The van der Waals surface area contributed by atoms with Crippen LogP contribution < -0.4 is 0 Å². The van der Waals surface area contributed by atoms with Crippen LogP contribution in [0, 0.1) is 0 Å². The van der Waals surface area contributed by atoms with E-state index in [0.717, 1.165) is 0 Å². The molecule has 0 fully saturated rings. The minimum Gasteiger partial charge on any atom is -0.344 e. The molecular weight excluding hydrogens is 107 g/mol. The van der Waals surface area contributed by atoms with Crippen molar-refractivity contribution in [2.24, 2.45) is 0 Å². The van der Waals surface area contributed by atoms with Crippen LogP contribution in [-0.4, -0.2) is 50.9 Å². The summed E-state index contributed by atoms with van der Waals surface area (Å²) in [6.45, 7) is 1.46. The fourth-order valence-electron chi connectivity index (χ4n) is 0. The van der Waals surface area contributed by atoms with Crippen LogP contribution >= 0.6 is 0 Å². The fraction of sp³-hybridized carbons (Fsp3) is 1.00. The Bertz CT molecular complexity index is 39.9. The summed E-state index contributed by atoms with van der Waals surface area (Å²) in [5.41, 5.74) is 0. The molecule has 0 aliphatic rings. The fourth-order valence-corrected chi connectivity index (χ4v) is 0. The van der Waals surface area contributed by atoms with Crippen LogP contribution in [0.4, 0.5) is 0 Å². The Morgan fingerprint density at radius 2 is 1.43 bits per heavy atom. The topological polar surface area (TPSA) is 60.7 Å². The standard InChI is InChI=1S/C3H8O3.Na/c1-2-3(4,5)6;/h4-6H,2H2,1H3;. The zero-order valence-corrected chi connectivity index (χ0v) is 6.55. The van der Waals surface area contributed by atoms with Crippen molar-refractivity contribution in [1.29, 1.82) is 0 Å². The van der Waals surface area contributed by atoms with E-state index in [9.17, 15) is 0 Å². The van der Waals surface area contributed by atoms with E-state index in [-0.39, 0.29) is 36.0 Å². The Kier molecular flexibility index (Phi) is 5.90. The van der Waals surface area contributed by atoms with Gasteiger partial charge in [-0.25, -0.2) is 0 Å². The van der Waals surface area contributed by atoms with Crippen molar-refractivity contribution in [3.63, 3.8) is 0 Å². The van der Waals surface area contributed by atoms with Crippen molar-refractivity contribution in [3.8, 4) is 0 Å². The number of hydrogen-bond donors (Lipinski definition) is 3. The predicted molar refractivity (Wildman–Crippen MR) is 25.4 cm³/mol. The first-order valence-electron chi connectivity index (χ1n) is 1.73. The molecule has 39 valence electrons. The van der Waals surface area contributed by atoms with E-state index in [0.29, 0.717) is 0 Å². The van der Waals surface area contributed by atoms with E-state index >= 15 is 0 Å². The van der Waals surface area contributed by atoms with E-state index in [1.54, 1.807) is 0 Å². The summed E-state index contributed by atoms with van der Waals surface area (Å²) < 4.78 is 0. The molecule has 0 aliphatic carbocycles. The van der Waals surface area contributed by atoms with Crippen molar-refractivity contribution in [3.05, 3.63) is 0 Å². The molecular formula is C3H8NaO3. The SMILES string of the molecule is CCC(O)(O)O.[Na]. The smallest absolute Gasteiger partial charge is 0.274 e. The summed E-state index contributed by atoms with van der Waals surface area (Å²) >= 11 is 0. The van der Waals surface area contributed by atoms with Gasteiger partial charge in [0.2, 0.25) is 0 Å². The zero-order valence-electron chi connectivity index (χ0n) is 4.55. The van der Waals surface area contributed by atoms with Crippen molar-refractivity contribution >= 4 is 29.6 Å². The van der Waals surface area contributed by atoms with Gasteiger partial charge < -0.3 is 15.3 Å². The summed E-state index contributed by atoms with van der Waals surface area (Å²) in [5.74, 6) is -2.46. The van der Waals surface area contributed by atoms with Gasteiger partial charge in [-0.2, -0.15) is 0 Å². The first kappa shape index (κ1) is 10.8. The second-order valence-electron chi connectivity index (χ2n) is 1.13. The third-order valence-corrected chi connectivity index (χ3v) is 0.474. The predicted octanol–water partition coefficient (Wildman–Crippen LogP) is -1.35. The third kappa shape index (κ3) is 10.9. The molecule has 1 radical (unpaired) electrons. The van der Waals surface area contributed by atoms with E-state index in [4.69, 9.17) is 15.3 Å².